The van der Waals surface area contributed by atoms with Crippen LogP contribution in [0, 0.1) is 0 Å². The Morgan fingerprint density at radius 3 is 2.67 bits per heavy atom. The van der Waals surface area contributed by atoms with Crippen LogP contribution in [0.4, 0.5) is 17.1 Å². The van der Waals surface area contributed by atoms with Crippen molar-refractivity contribution in [3.63, 3.8) is 0 Å². The van der Waals surface area contributed by atoms with Crippen molar-refractivity contribution in [3.05, 3.63) is 48.0 Å². The molecule has 0 bridgehead atoms. The lowest BCUT2D eigenvalue weighted by atomic mass is 10.1. The number of anilines is 2. The highest BCUT2D eigenvalue weighted by Crippen LogP contribution is 2.34. The Balaban J connectivity index is 1.86. The highest BCUT2D eigenvalue weighted by atomic mass is 16.5. The number of nitrogen functional groups attached to an aromatic ring is 1. The summed E-state index contributed by atoms with van der Waals surface area (Å²) in [5.41, 5.74) is 9.57. The summed E-state index contributed by atoms with van der Waals surface area (Å²) in [6, 6.07) is 13.8. The lowest BCUT2D eigenvalue weighted by molar-refractivity contribution is 0.283. The van der Waals surface area contributed by atoms with E-state index in [1.165, 1.54) is 5.56 Å². The zero-order valence-electron chi connectivity index (χ0n) is 12.3. The molecule has 0 saturated carbocycles. The Hall–Kier alpha value is -2.49. The largest absolute Gasteiger partial charge is 0.481 e. The molecule has 3 rings (SSSR count). The summed E-state index contributed by atoms with van der Waals surface area (Å²) in [7, 11) is 0. The molecule has 1 aliphatic heterocycles. The fraction of sp³-hybridized carbons (Fsp3) is 0.235. The number of benzene rings is 2. The van der Waals surface area contributed by atoms with Crippen LogP contribution in [0.2, 0.25) is 0 Å². The Morgan fingerprint density at radius 2 is 1.95 bits per heavy atom. The van der Waals surface area contributed by atoms with Crippen molar-refractivity contribution in [2.24, 2.45) is 4.99 Å². The zero-order valence-corrected chi connectivity index (χ0v) is 12.3. The van der Waals surface area contributed by atoms with E-state index in [0.29, 0.717) is 5.69 Å². The summed E-state index contributed by atoms with van der Waals surface area (Å²) in [6.45, 7) is 4.12. The van der Waals surface area contributed by atoms with Crippen LogP contribution in [0.25, 0.3) is 0 Å². The summed E-state index contributed by atoms with van der Waals surface area (Å²) in [6.07, 6.45) is 0.917. The Bertz CT molecular complexity index is 677. The number of ether oxygens (including phenoxy) is 1. The van der Waals surface area contributed by atoms with Crippen LogP contribution in [-0.2, 0) is 6.42 Å². The molecule has 0 amide bonds. The van der Waals surface area contributed by atoms with Gasteiger partial charge in [-0.3, -0.25) is 0 Å². The fourth-order valence-electron chi connectivity index (χ4n) is 2.29. The highest BCUT2D eigenvalue weighted by molar-refractivity contribution is 6.01. The minimum Gasteiger partial charge on any atom is -0.481 e. The van der Waals surface area contributed by atoms with E-state index in [1.54, 1.807) is 0 Å². The van der Waals surface area contributed by atoms with Gasteiger partial charge in [0.15, 0.2) is 6.10 Å². The molecule has 3 N–H and O–H groups in total. The number of amidine groups is 1. The quantitative estimate of drug-likeness (QED) is 0.824. The first kappa shape index (κ1) is 13.5. The number of nitrogens with one attached hydrogen (secondary N) is 1. The van der Waals surface area contributed by atoms with Crippen molar-refractivity contribution in [3.8, 4) is 5.75 Å². The number of aryl methyl sites for hydroxylation is 1. The molecule has 1 heterocycles. The molecule has 4 nitrogen and oxygen atoms in total. The first-order valence-electron chi connectivity index (χ1n) is 7.16. The number of nitrogens with two attached hydrogens (primary N) is 1. The van der Waals surface area contributed by atoms with Crippen LogP contribution >= 0.6 is 0 Å². The molecule has 2 aromatic rings. The standard InChI is InChI=1S/C17H19N3O/c1-3-12-4-7-14(8-5-12)19-17-11(2)21-16-9-6-13(18)10-15(16)20-17/h4-11H,3,18H2,1-2H3,(H,19,20). The number of nitrogens with zero attached hydrogens (tertiary/aromatic N) is 1. The lowest BCUT2D eigenvalue weighted by Crippen LogP contribution is -2.32. The van der Waals surface area contributed by atoms with Crippen molar-refractivity contribution in [1.29, 1.82) is 0 Å². The molecule has 0 aromatic heterocycles. The summed E-state index contributed by atoms with van der Waals surface area (Å²) in [4.78, 5) is 4.63. The molecular formula is C17H19N3O. The van der Waals surface area contributed by atoms with Gasteiger partial charge in [-0.2, -0.15) is 0 Å². The van der Waals surface area contributed by atoms with Crippen molar-refractivity contribution in [2.45, 2.75) is 26.4 Å². The lowest BCUT2D eigenvalue weighted by Gasteiger charge is -2.24. The molecule has 0 fully saturated rings. The smallest absolute Gasteiger partial charge is 0.153 e. The average Bonchev–Trinajstić information content (AvgIpc) is 2.49. The van der Waals surface area contributed by atoms with Gasteiger partial charge in [-0.25, -0.2) is 4.99 Å². The van der Waals surface area contributed by atoms with Crippen LogP contribution in [0.1, 0.15) is 19.4 Å². The maximum Gasteiger partial charge on any atom is 0.153 e. The van der Waals surface area contributed by atoms with E-state index in [9.17, 15) is 0 Å². The number of fused-ring (bicyclic) bond motifs is 1. The molecule has 0 aliphatic carbocycles. The minimum absolute atomic E-state index is 0.119. The van der Waals surface area contributed by atoms with Gasteiger partial charge in [-0.1, -0.05) is 19.1 Å². The third-order valence-electron chi connectivity index (χ3n) is 3.55. The predicted octanol–water partition coefficient (Wildman–Crippen LogP) is 3.75. The second-order valence-corrected chi connectivity index (χ2v) is 5.16. The van der Waals surface area contributed by atoms with E-state index in [2.05, 4.69) is 41.5 Å². The van der Waals surface area contributed by atoms with Gasteiger partial charge in [-0.05, 0) is 49.2 Å². The molecule has 0 spiro atoms. The number of hydrogen-bond donors (Lipinski definition) is 2. The number of hydrogen-bond acceptors (Lipinski definition) is 4. The normalized spacial score (nSPS) is 16.7. The van der Waals surface area contributed by atoms with Gasteiger partial charge in [0, 0.05) is 11.4 Å². The van der Waals surface area contributed by atoms with Gasteiger partial charge >= 0.3 is 0 Å². The van der Waals surface area contributed by atoms with E-state index in [1.807, 2.05) is 25.1 Å². The molecule has 21 heavy (non-hydrogen) atoms. The zero-order chi connectivity index (χ0) is 14.8. The van der Waals surface area contributed by atoms with Gasteiger partial charge in [0.05, 0.1) is 0 Å². The van der Waals surface area contributed by atoms with Gasteiger partial charge in [0.25, 0.3) is 0 Å². The van der Waals surface area contributed by atoms with Crippen molar-refractivity contribution >= 4 is 22.9 Å². The number of aliphatic imine (C=N–C) groups is 1. The molecular weight excluding hydrogens is 262 g/mol. The van der Waals surface area contributed by atoms with Crippen LogP contribution in [0.15, 0.2) is 47.5 Å². The van der Waals surface area contributed by atoms with Crippen molar-refractivity contribution in [2.75, 3.05) is 11.1 Å². The maximum absolute atomic E-state index is 5.87. The second-order valence-electron chi connectivity index (χ2n) is 5.16. The van der Waals surface area contributed by atoms with E-state index >= 15 is 0 Å². The van der Waals surface area contributed by atoms with Gasteiger partial charge in [-0.15, -0.1) is 0 Å². The first-order chi connectivity index (χ1) is 10.2. The minimum atomic E-state index is -0.119. The summed E-state index contributed by atoms with van der Waals surface area (Å²) < 4.78 is 5.87. The average molecular weight is 281 g/mol. The summed E-state index contributed by atoms with van der Waals surface area (Å²) in [5, 5.41) is 3.33. The summed E-state index contributed by atoms with van der Waals surface area (Å²) in [5.74, 6) is 1.56. The topological polar surface area (TPSA) is 59.6 Å². The fourth-order valence-corrected chi connectivity index (χ4v) is 2.29. The van der Waals surface area contributed by atoms with Crippen molar-refractivity contribution < 1.29 is 4.74 Å². The third kappa shape index (κ3) is 2.84. The van der Waals surface area contributed by atoms with E-state index in [-0.39, 0.29) is 6.10 Å². The van der Waals surface area contributed by atoms with Gasteiger partial charge in [0.1, 0.15) is 17.3 Å². The molecule has 2 aromatic carbocycles. The molecule has 0 radical (unpaired) electrons. The third-order valence-corrected chi connectivity index (χ3v) is 3.55. The van der Waals surface area contributed by atoms with Crippen LogP contribution in [0.3, 0.4) is 0 Å². The monoisotopic (exact) mass is 281 g/mol. The second kappa shape index (κ2) is 5.48. The van der Waals surface area contributed by atoms with Crippen LogP contribution in [0.5, 0.6) is 5.75 Å². The molecule has 1 unspecified atom stereocenters. The summed E-state index contributed by atoms with van der Waals surface area (Å²) >= 11 is 0. The Kier molecular flexibility index (Phi) is 3.52. The molecule has 1 aliphatic rings. The van der Waals surface area contributed by atoms with Crippen LogP contribution < -0.4 is 15.8 Å². The first-order valence-corrected chi connectivity index (χ1v) is 7.16. The molecule has 108 valence electrons. The number of rotatable bonds is 2. The highest BCUT2D eigenvalue weighted by Gasteiger charge is 2.20. The van der Waals surface area contributed by atoms with E-state index in [4.69, 9.17) is 10.5 Å². The Labute approximate surface area is 124 Å². The molecule has 4 heteroatoms. The van der Waals surface area contributed by atoms with Crippen LogP contribution in [-0.4, -0.2) is 11.9 Å². The molecule has 1 atom stereocenters. The van der Waals surface area contributed by atoms with Gasteiger partial charge < -0.3 is 15.8 Å². The van der Waals surface area contributed by atoms with E-state index in [0.717, 1.165) is 29.4 Å². The van der Waals surface area contributed by atoms with E-state index < -0.39 is 0 Å². The maximum atomic E-state index is 5.87. The SMILES string of the molecule is CCc1ccc(NC2=Nc3cc(N)ccc3OC2C)cc1. The Morgan fingerprint density at radius 1 is 1.19 bits per heavy atom. The predicted molar refractivity (Wildman–Crippen MR) is 87.5 cm³/mol. The molecule has 0 saturated heterocycles. The van der Waals surface area contributed by atoms with Gasteiger partial charge in [0.2, 0.25) is 0 Å². The van der Waals surface area contributed by atoms with Crippen molar-refractivity contribution in [1.82, 2.24) is 0 Å².